The van der Waals surface area contributed by atoms with Crippen LogP contribution in [-0.2, 0) is 4.79 Å². The van der Waals surface area contributed by atoms with Gasteiger partial charge in [0, 0.05) is 24.7 Å². The minimum Gasteiger partial charge on any atom is -0.435 e. The summed E-state index contributed by atoms with van der Waals surface area (Å²) in [7, 11) is 0. The van der Waals surface area contributed by atoms with E-state index < -0.39 is 22.5 Å². The van der Waals surface area contributed by atoms with Gasteiger partial charge in [0.25, 0.3) is 0 Å². The maximum atomic E-state index is 12.9. The van der Waals surface area contributed by atoms with Crippen molar-refractivity contribution >= 4 is 35.2 Å². The van der Waals surface area contributed by atoms with E-state index in [1.165, 1.54) is 18.2 Å². The molecular formula is C24H34ClN4O5+. The van der Waals surface area contributed by atoms with E-state index in [9.17, 15) is 24.6 Å². The van der Waals surface area contributed by atoms with Crippen LogP contribution in [0.3, 0.4) is 0 Å². The lowest BCUT2D eigenvalue weighted by Gasteiger charge is -2.37. The summed E-state index contributed by atoms with van der Waals surface area (Å²) in [5.41, 5.74) is 6.04. The fraction of sp³-hybridized carbons (Fsp3) is 0.625. The topological polar surface area (TPSA) is 124 Å². The molecular weight excluding hydrogens is 460 g/mol. The number of nitrogens with zero attached hydrogens (tertiary/aromatic N) is 3. The number of carboxylic acid groups (broad SMARTS) is 1. The second-order valence-electron chi connectivity index (χ2n) is 10.1. The van der Waals surface area contributed by atoms with Crippen molar-refractivity contribution in [1.82, 2.24) is 14.3 Å². The number of hydrogen-bond acceptors (Lipinski definition) is 5. The molecule has 3 atom stereocenters. The molecule has 9 nitrogen and oxygen atoms in total. The molecule has 0 radical (unpaired) electrons. The Bertz CT molecular complexity index is 984. The molecule has 1 saturated carbocycles. The molecule has 1 aliphatic carbocycles. The lowest BCUT2D eigenvalue weighted by Crippen LogP contribution is -2.61. The number of nitrogens with two attached hydrogens (primary N) is 1. The Balaban J connectivity index is 1.44. The normalized spacial score (nSPS) is 29.1. The molecule has 0 aromatic heterocycles. The van der Waals surface area contributed by atoms with Crippen LogP contribution in [0.1, 0.15) is 49.4 Å². The van der Waals surface area contributed by atoms with Crippen LogP contribution >= 0.6 is 11.6 Å². The number of benzene rings is 1. The summed E-state index contributed by atoms with van der Waals surface area (Å²) < 4.78 is -0.486. The van der Waals surface area contributed by atoms with Gasteiger partial charge in [-0.2, -0.15) is 9.28 Å². The molecule has 0 bridgehead atoms. The Morgan fingerprint density at radius 3 is 2.56 bits per heavy atom. The van der Waals surface area contributed by atoms with Gasteiger partial charge in [-0.3, -0.25) is 9.59 Å². The molecule has 3 fully saturated rings. The fourth-order valence-corrected chi connectivity index (χ4v) is 6.00. The quantitative estimate of drug-likeness (QED) is 0.522. The maximum absolute atomic E-state index is 12.9. The number of hydrogen-bond donors (Lipinski definition) is 3. The van der Waals surface area contributed by atoms with Gasteiger partial charge in [-0.1, -0.05) is 11.6 Å². The monoisotopic (exact) mass is 493 g/mol. The Kier molecular flexibility index (Phi) is 6.92. The van der Waals surface area contributed by atoms with Gasteiger partial charge in [0.05, 0.1) is 19.1 Å². The summed E-state index contributed by atoms with van der Waals surface area (Å²) in [5, 5.41) is 20.9. The number of rotatable bonds is 6. The predicted molar refractivity (Wildman–Crippen MR) is 129 cm³/mol. The van der Waals surface area contributed by atoms with Gasteiger partial charge in [0.15, 0.2) is 5.69 Å². The van der Waals surface area contributed by atoms with Crippen molar-refractivity contribution in [1.29, 1.82) is 0 Å². The Morgan fingerprint density at radius 1 is 1.24 bits per heavy atom. The van der Waals surface area contributed by atoms with E-state index in [0.717, 1.165) is 38.8 Å². The Morgan fingerprint density at radius 2 is 1.97 bits per heavy atom. The number of carbonyl (C=O) groups excluding carboxylic acids is 2. The van der Waals surface area contributed by atoms with Crippen LogP contribution in [0.5, 0.6) is 0 Å². The SMILES string of the molecule is C[C@@H]1CN(CCCN2CCC3(CC3)[C@H](O)C2)C(=O)CC[N+]1(C(=O)O)c1ccc(C(N)=O)cc1Cl. The minimum absolute atomic E-state index is 0.0713. The number of primary amides is 1. The van der Waals surface area contributed by atoms with Crippen molar-refractivity contribution in [3.63, 3.8) is 0 Å². The van der Waals surface area contributed by atoms with E-state index in [1.54, 1.807) is 4.90 Å². The number of carbonyl (C=O) groups is 3. The molecule has 186 valence electrons. The first-order valence-corrected chi connectivity index (χ1v) is 12.4. The lowest BCUT2D eigenvalue weighted by atomic mass is 9.90. The second kappa shape index (κ2) is 9.45. The number of aliphatic hydroxyl groups excluding tert-OH is 1. The number of halogens is 1. The van der Waals surface area contributed by atoms with Crippen LogP contribution in [0.2, 0.25) is 5.02 Å². The predicted octanol–water partition coefficient (Wildman–Crippen LogP) is 2.28. The molecule has 1 aromatic carbocycles. The van der Waals surface area contributed by atoms with Gasteiger partial charge in [-0.15, -0.1) is 0 Å². The molecule has 3 amide bonds. The third-order valence-corrected chi connectivity index (χ3v) is 8.43. The smallest absolute Gasteiger partial charge is 0.435 e. The van der Waals surface area contributed by atoms with E-state index in [1.807, 2.05) is 6.92 Å². The molecule has 10 heteroatoms. The van der Waals surface area contributed by atoms with Crippen LogP contribution in [0.15, 0.2) is 18.2 Å². The minimum atomic E-state index is -1.09. The summed E-state index contributed by atoms with van der Waals surface area (Å²) in [6.07, 6.45) is 2.77. The van der Waals surface area contributed by atoms with Gasteiger partial charge in [-0.05, 0) is 63.2 Å². The summed E-state index contributed by atoms with van der Waals surface area (Å²) in [6, 6.07) is 3.94. The zero-order valence-electron chi connectivity index (χ0n) is 19.6. The van der Waals surface area contributed by atoms with Crippen molar-refractivity contribution in [3.8, 4) is 0 Å². The number of quaternary nitrogens is 1. The summed E-state index contributed by atoms with van der Waals surface area (Å²) in [5.74, 6) is -0.720. The average molecular weight is 494 g/mol. The van der Waals surface area contributed by atoms with E-state index in [0.29, 0.717) is 18.8 Å². The zero-order chi connectivity index (χ0) is 24.7. The van der Waals surface area contributed by atoms with E-state index in [4.69, 9.17) is 17.3 Å². The van der Waals surface area contributed by atoms with Crippen LogP contribution in [0.4, 0.5) is 10.5 Å². The van der Waals surface area contributed by atoms with Crippen molar-refractivity contribution < 1.29 is 24.6 Å². The zero-order valence-corrected chi connectivity index (χ0v) is 20.3. The van der Waals surface area contributed by atoms with Gasteiger partial charge < -0.3 is 25.7 Å². The number of piperidine rings is 1. The highest BCUT2D eigenvalue weighted by atomic mass is 35.5. The highest BCUT2D eigenvalue weighted by Crippen LogP contribution is 2.53. The van der Waals surface area contributed by atoms with Crippen molar-refractivity contribution in [2.24, 2.45) is 11.1 Å². The average Bonchev–Trinajstić information content (AvgIpc) is 3.58. The lowest BCUT2D eigenvalue weighted by molar-refractivity contribution is -0.130. The molecule has 34 heavy (non-hydrogen) atoms. The molecule has 2 aliphatic heterocycles. The molecule has 3 aliphatic rings. The van der Waals surface area contributed by atoms with Gasteiger partial charge in [0.2, 0.25) is 11.8 Å². The summed E-state index contributed by atoms with van der Waals surface area (Å²) in [6.45, 7) is 5.16. The first-order valence-electron chi connectivity index (χ1n) is 12.0. The maximum Gasteiger partial charge on any atom is 0.519 e. The highest BCUT2D eigenvalue weighted by molar-refractivity contribution is 6.33. The number of amides is 3. The molecule has 4 rings (SSSR count). The number of β-amino-alcohol motifs (C(OH)–C–C–N with tert-alkyl or cyclic N) is 1. The van der Waals surface area contributed by atoms with Gasteiger partial charge >= 0.3 is 6.09 Å². The molecule has 2 heterocycles. The second-order valence-corrected chi connectivity index (χ2v) is 10.5. The molecule has 1 aromatic rings. The summed E-state index contributed by atoms with van der Waals surface area (Å²) >= 11 is 6.43. The first-order chi connectivity index (χ1) is 16.1. The van der Waals surface area contributed by atoms with Crippen LogP contribution < -0.4 is 10.2 Å². The van der Waals surface area contributed by atoms with E-state index in [2.05, 4.69) is 4.90 Å². The van der Waals surface area contributed by atoms with Crippen molar-refractivity contribution in [2.75, 3.05) is 39.3 Å². The van der Waals surface area contributed by atoms with E-state index >= 15 is 0 Å². The largest absolute Gasteiger partial charge is 0.519 e. The van der Waals surface area contributed by atoms with Crippen LogP contribution in [-0.4, -0.2) is 89.3 Å². The van der Waals surface area contributed by atoms with Gasteiger partial charge in [-0.25, -0.2) is 0 Å². The highest BCUT2D eigenvalue weighted by Gasteiger charge is 2.51. The van der Waals surface area contributed by atoms with Crippen LogP contribution in [0.25, 0.3) is 0 Å². The molecule has 1 spiro atoms. The molecule has 2 saturated heterocycles. The summed E-state index contributed by atoms with van der Waals surface area (Å²) in [4.78, 5) is 41.0. The standard InChI is InChI=1S/C24H33ClN4O5/c1-16-14-28(10-2-9-27-11-8-24(6-7-24)20(30)15-27)21(31)5-12-29(16,23(33)34)19-4-3-17(22(26)32)13-18(19)25/h3-4,13,16,20,30H,2,5-12,14-15H2,1H3,(H2-,26,32,33,34)/p+1/t16-,20-,29?/m1/s1. The molecule has 4 N–H and O–H groups in total. The number of aliphatic hydroxyl groups is 1. The van der Waals surface area contributed by atoms with Crippen LogP contribution in [0, 0.1) is 5.41 Å². The van der Waals surface area contributed by atoms with Crippen molar-refractivity contribution in [2.45, 2.75) is 51.2 Å². The third kappa shape index (κ3) is 4.54. The third-order valence-electron chi connectivity index (χ3n) is 8.13. The Labute approximate surface area is 204 Å². The van der Waals surface area contributed by atoms with Crippen molar-refractivity contribution in [3.05, 3.63) is 28.8 Å². The Hall–Kier alpha value is -2.20. The fourth-order valence-electron chi connectivity index (χ4n) is 5.66. The number of likely N-dealkylation sites (tertiary alicyclic amines) is 1. The van der Waals surface area contributed by atoms with E-state index in [-0.39, 0.29) is 47.5 Å². The molecule has 1 unspecified atom stereocenters. The van der Waals surface area contributed by atoms with Gasteiger partial charge in [0.1, 0.15) is 17.6 Å². The first kappa shape index (κ1) is 24.9.